The maximum atomic E-state index is 11.9. The molecule has 5 nitrogen and oxygen atoms in total. The highest BCUT2D eigenvalue weighted by Gasteiger charge is 2.09. The normalized spacial score (nSPS) is 11.2. The lowest BCUT2D eigenvalue weighted by Gasteiger charge is -2.05. The van der Waals surface area contributed by atoms with Gasteiger partial charge in [-0.15, -0.1) is 0 Å². The summed E-state index contributed by atoms with van der Waals surface area (Å²) in [5.74, 6) is -0.670. The summed E-state index contributed by atoms with van der Waals surface area (Å²) in [7, 11) is 1.66. The van der Waals surface area contributed by atoms with E-state index < -0.39 is 0 Å². The molecule has 0 heterocycles. The van der Waals surface area contributed by atoms with Crippen LogP contribution in [-0.2, 0) is 23.8 Å². The summed E-state index contributed by atoms with van der Waals surface area (Å²) >= 11 is 0. The number of carbonyl (C=O) groups excluding carboxylic acids is 2. The van der Waals surface area contributed by atoms with Gasteiger partial charge in [0.05, 0.1) is 0 Å². The van der Waals surface area contributed by atoms with E-state index in [0.717, 1.165) is 38.7 Å². The summed E-state index contributed by atoms with van der Waals surface area (Å²) in [5, 5.41) is 0. The molecule has 0 aromatic carbocycles. The molecule has 0 atom stereocenters. The Morgan fingerprint density at radius 1 is 0.436 bits per heavy atom. The topological polar surface area (TPSA) is 61.8 Å². The molecule has 5 heteroatoms. The van der Waals surface area contributed by atoms with Gasteiger partial charge in [-0.3, -0.25) is 9.59 Å². The molecule has 0 unspecified atom stereocenters. The van der Waals surface area contributed by atoms with Crippen molar-refractivity contribution in [2.24, 2.45) is 0 Å². The second-order valence-electron chi connectivity index (χ2n) is 11.5. The first-order valence-corrected chi connectivity index (χ1v) is 17.0. The predicted molar refractivity (Wildman–Crippen MR) is 164 cm³/mol. The maximum absolute atomic E-state index is 11.9. The molecule has 0 aliphatic rings. The largest absolute Gasteiger partial charge is 0.393 e. The zero-order chi connectivity index (χ0) is 28.5. The molecule has 0 amide bonds. The van der Waals surface area contributed by atoms with Crippen LogP contribution in [0.3, 0.4) is 0 Å². The number of hydrogen-bond acceptors (Lipinski definition) is 5. The Morgan fingerprint density at radius 3 is 1.08 bits per heavy atom. The van der Waals surface area contributed by atoms with Crippen molar-refractivity contribution >= 4 is 11.9 Å². The summed E-state index contributed by atoms with van der Waals surface area (Å²) in [5.41, 5.74) is 0. The standard InChI is InChI=1S/C34H66O5/c1-3-4-5-6-7-8-9-11-14-17-20-23-26-29-33(35)39-34(36)30-27-24-21-18-15-12-10-13-16-19-22-25-28-31-38-32-37-2/h3-32H2,1-2H3. The first-order chi connectivity index (χ1) is 19.2. The van der Waals surface area contributed by atoms with Crippen LogP contribution in [0.4, 0.5) is 0 Å². The average molecular weight is 555 g/mol. The second-order valence-corrected chi connectivity index (χ2v) is 11.5. The van der Waals surface area contributed by atoms with E-state index >= 15 is 0 Å². The van der Waals surface area contributed by atoms with Gasteiger partial charge >= 0.3 is 11.9 Å². The molecular formula is C34H66O5. The van der Waals surface area contributed by atoms with Crippen LogP contribution in [0.5, 0.6) is 0 Å². The van der Waals surface area contributed by atoms with E-state index in [1.165, 1.54) is 135 Å². The van der Waals surface area contributed by atoms with E-state index in [4.69, 9.17) is 14.2 Å². The molecule has 0 spiro atoms. The highest BCUT2D eigenvalue weighted by atomic mass is 16.7. The predicted octanol–water partition coefficient (Wildman–Crippen LogP) is 10.6. The Morgan fingerprint density at radius 2 is 0.744 bits per heavy atom. The minimum Gasteiger partial charge on any atom is -0.393 e. The van der Waals surface area contributed by atoms with Gasteiger partial charge in [-0.05, 0) is 19.3 Å². The molecule has 0 rings (SSSR count). The lowest BCUT2D eigenvalue weighted by molar-refractivity contribution is -0.159. The number of rotatable bonds is 32. The van der Waals surface area contributed by atoms with Gasteiger partial charge < -0.3 is 14.2 Å². The van der Waals surface area contributed by atoms with Crippen molar-refractivity contribution in [1.29, 1.82) is 0 Å². The number of ether oxygens (including phenoxy) is 3. The third-order valence-electron chi connectivity index (χ3n) is 7.58. The SMILES string of the molecule is CCCCCCCCCCCCCCCC(=O)OC(=O)CCCCCCCCCCCCCCCOCOC. The number of esters is 2. The van der Waals surface area contributed by atoms with Gasteiger partial charge in [0.25, 0.3) is 0 Å². The monoisotopic (exact) mass is 554 g/mol. The summed E-state index contributed by atoms with van der Waals surface area (Å²) in [6.07, 6.45) is 33.4. The molecule has 232 valence electrons. The summed E-state index contributed by atoms with van der Waals surface area (Å²) in [6.45, 7) is 3.49. The van der Waals surface area contributed by atoms with Gasteiger partial charge in [-0.25, -0.2) is 0 Å². The molecule has 0 radical (unpaired) electrons. The van der Waals surface area contributed by atoms with Crippen LogP contribution in [0, 0.1) is 0 Å². The van der Waals surface area contributed by atoms with Crippen molar-refractivity contribution in [3.05, 3.63) is 0 Å². The van der Waals surface area contributed by atoms with E-state index in [1.807, 2.05) is 0 Å². The first kappa shape index (κ1) is 38.1. The molecule has 0 bridgehead atoms. The third-order valence-corrected chi connectivity index (χ3v) is 7.58. The number of hydrogen-bond donors (Lipinski definition) is 0. The van der Waals surface area contributed by atoms with E-state index in [1.54, 1.807) is 7.11 Å². The van der Waals surface area contributed by atoms with E-state index in [2.05, 4.69) is 6.92 Å². The van der Waals surface area contributed by atoms with E-state index in [-0.39, 0.29) is 11.9 Å². The van der Waals surface area contributed by atoms with Crippen LogP contribution in [0.25, 0.3) is 0 Å². The van der Waals surface area contributed by atoms with Crippen molar-refractivity contribution < 1.29 is 23.8 Å². The van der Waals surface area contributed by atoms with Crippen molar-refractivity contribution in [3.8, 4) is 0 Å². The molecule has 0 aliphatic carbocycles. The van der Waals surface area contributed by atoms with E-state index in [9.17, 15) is 9.59 Å². The Labute approximate surface area is 242 Å². The van der Waals surface area contributed by atoms with Gasteiger partial charge in [0.15, 0.2) is 0 Å². The Hall–Kier alpha value is -0.940. The average Bonchev–Trinajstić information content (AvgIpc) is 2.93. The van der Waals surface area contributed by atoms with Gasteiger partial charge in [0, 0.05) is 26.6 Å². The van der Waals surface area contributed by atoms with Crippen molar-refractivity contribution in [2.75, 3.05) is 20.5 Å². The van der Waals surface area contributed by atoms with Crippen LogP contribution in [0.1, 0.15) is 187 Å². The fraction of sp³-hybridized carbons (Fsp3) is 0.941. The van der Waals surface area contributed by atoms with Gasteiger partial charge in [-0.2, -0.15) is 0 Å². The highest BCUT2D eigenvalue weighted by molar-refractivity contribution is 5.85. The Bertz CT molecular complexity index is 508. The fourth-order valence-electron chi connectivity index (χ4n) is 5.08. The van der Waals surface area contributed by atoms with Gasteiger partial charge in [-0.1, -0.05) is 155 Å². The van der Waals surface area contributed by atoms with Gasteiger partial charge in [0.2, 0.25) is 0 Å². The van der Waals surface area contributed by atoms with Crippen LogP contribution < -0.4 is 0 Å². The molecule has 0 saturated carbocycles. The molecule has 39 heavy (non-hydrogen) atoms. The minimum absolute atomic E-state index is 0.334. The highest BCUT2D eigenvalue weighted by Crippen LogP contribution is 2.15. The van der Waals surface area contributed by atoms with Crippen molar-refractivity contribution in [2.45, 2.75) is 187 Å². The first-order valence-electron chi connectivity index (χ1n) is 17.0. The quantitative estimate of drug-likeness (QED) is 0.0358. The zero-order valence-corrected chi connectivity index (χ0v) is 26.3. The summed E-state index contributed by atoms with van der Waals surface area (Å²) in [4.78, 5) is 23.8. The third kappa shape index (κ3) is 33.2. The molecule has 0 saturated heterocycles. The number of unbranched alkanes of at least 4 members (excludes halogenated alkanes) is 24. The minimum atomic E-state index is -0.336. The molecule has 0 aromatic rings. The molecular weight excluding hydrogens is 488 g/mol. The van der Waals surface area contributed by atoms with Gasteiger partial charge in [0.1, 0.15) is 6.79 Å². The smallest absolute Gasteiger partial charge is 0.313 e. The fourth-order valence-corrected chi connectivity index (χ4v) is 5.08. The lowest BCUT2D eigenvalue weighted by atomic mass is 10.0. The zero-order valence-electron chi connectivity index (χ0n) is 26.3. The summed E-state index contributed by atoms with van der Waals surface area (Å²) < 4.78 is 15.2. The summed E-state index contributed by atoms with van der Waals surface area (Å²) in [6, 6.07) is 0. The van der Waals surface area contributed by atoms with Crippen molar-refractivity contribution in [3.63, 3.8) is 0 Å². The Balaban J connectivity index is 3.27. The maximum Gasteiger partial charge on any atom is 0.313 e. The van der Waals surface area contributed by atoms with Crippen LogP contribution in [-0.4, -0.2) is 32.4 Å². The number of methoxy groups -OCH3 is 1. The molecule has 0 fully saturated rings. The van der Waals surface area contributed by atoms with Crippen LogP contribution in [0.2, 0.25) is 0 Å². The second kappa shape index (κ2) is 33.3. The molecule has 0 aromatic heterocycles. The lowest BCUT2D eigenvalue weighted by Crippen LogP contribution is -2.11. The van der Waals surface area contributed by atoms with E-state index in [0.29, 0.717) is 19.6 Å². The van der Waals surface area contributed by atoms with Crippen molar-refractivity contribution in [1.82, 2.24) is 0 Å². The van der Waals surface area contributed by atoms with Crippen LogP contribution >= 0.6 is 0 Å². The molecule has 0 aliphatic heterocycles. The van der Waals surface area contributed by atoms with Crippen LogP contribution in [0.15, 0.2) is 0 Å². The number of carbonyl (C=O) groups is 2. The molecule has 0 N–H and O–H groups in total. The Kier molecular flexibility index (Phi) is 32.5.